The molecule has 0 spiro atoms. The molecule has 0 heterocycles. The lowest BCUT2D eigenvalue weighted by Gasteiger charge is -2.37. The maximum atomic E-state index is 14.0. The molecule has 0 aromatic heterocycles. The van der Waals surface area contributed by atoms with Crippen LogP contribution < -0.4 is 5.32 Å². The molecule has 2 rings (SSSR count). The summed E-state index contributed by atoms with van der Waals surface area (Å²) in [6.45, 7) is 0.957. The van der Waals surface area contributed by atoms with Gasteiger partial charge in [-0.2, -0.15) is 0 Å². The molecular weight excluding hydrogens is 249 g/mol. The summed E-state index contributed by atoms with van der Waals surface area (Å²) < 4.78 is 14.0. The Kier molecular flexibility index (Phi) is 4.63. The third kappa shape index (κ3) is 3.04. The second-order valence-electron chi connectivity index (χ2n) is 5.48. The van der Waals surface area contributed by atoms with E-state index >= 15 is 0 Å². The van der Waals surface area contributed by atoms with Crippen molar-refractivity contribution in [3.63, 3.8) is 0 Å². The molecule has 1 nitrogen and oxygen atoms in total. The van der Waals surface area contributed by atoms with E-state index in [4.69, 9.17) is 11.6 Å². The van der Waals surface area contributed by atoms with Gasteiger partial charge in [0.1, 0.15) is 5.82 Å². The Hall–Kier alpha value is -0.600. The highest BCUT2D eigenvalue weighted by Crippen LogP contribution is 2.39. The van der Waals surface area contributed by atoms with Gasteiger partial charge in [0.15, 0.2) is 0 Å². The summed E-state index contributed by atoms with van der Waals surface area (Å²) >= 11 is 5.86. The fourth-order valence-electron chi connectivity index (χ4n) is 3.18. The number of hydrogen-bond acceptors (Lipinski definition) is 1. The zero-order valence-electron chi connectivity index (χ0n) is 10.9. The highest BCUT2D eigenvalue weighted by atomic mass is 35.5. The van der Waals surface area contributed by atoms with Gasteiger partial charge in [-0.25, -0.2) is 4.39 Å². The predicted molar refractivity (Wildman–Crippen MR) is 74.6 cm³/mol. The van der Waals surface area contributed by atoms with E-state index in [1.165, 1.54) is 32.1 Å². The first-order valence-electron chi connectivity index (χ1n) is 6.74. The number of benzene rings is 1. The van der Waals surface area contributed by atoms with Crippen LogP contribution in [0, 0.1) is 11.2 Å². The molecular formula is C15H21ClFN. The Balaban J connectivity index is 2.20. The van der Waals surface area contributed by atoms with Gasteiger partial charge in [-0.1, -0.05) is 43.0 Å². The van der Waals surface area contributed by atoms with E-state index in [1.54, 1.807) is 6.07 Å². The zero-order chi connectivity index (χ0) is 13.0. The van der Waals surface area contributed by atoms with Crippen molar-refractivity contribution in [3.05, 3.63) is 34.6 Å². The number of rotatable bonds is 4. The van der Waals surface area contributed by atoms with Crippen LogP contribution in [-0.2, 0) is 6.42 Å². The molecule has 1 aromatic carbocycles. The number of halogens is 2. The van der Waals surface area contributed by atoms with Crippen LogP contribution in [0.2, 0.25) is 5.02 Å². The largest absolute Gasteiger partial charge is 0.319 e. The number of hydrogen-bond donors (Lipinski definition) is 1. The standard InChI is InChI=1S/C15H21ClFN/c1-18-11-15(8-3-2-4-9-15)10-12-6-5-7-13(16)14(12)17/h5-7,18H,2-4,8-11H2,1H3. The molecule has 18 heavy (non-hydrogen) atoms. The molecule has 0 aliphatic heterocycles. The van der Waals surface area contributed by atoms with Gasteiger partial charge in [-0.15, -0.1) is 0 Å². The lowest BCUT2D eigenvalue weighted by atomic mass is 9.70. The second kappa shape index (κ2) is 6.03. The summed E-state index contributed by atoms with van der Waals surface area (Å²) in [6.07, 6.45) is 6.97. The second-order valence-corrected chi connectivity index (χ2v) is 5.89. The molecule has 1 aliphatic carbocycles. The van der Waals surface area contributed by atoms with Crippen LogP contribution in [0.3, 0.4) is 0 Å². The summed E-state index contributed by atoms with van der Waals surface area (Å²) in [5, 5.41) is 3.52. The SMILES string of the molecule is CNCC1(Cc2cccc(Cl)c2F)CCCCC1. The monoisotopic (exact) mass is 269 g/mol. The van der Waals surface area contributed by atoms with E-state index in [1.807, 2.05) is 19.2 Å². The molecule has 0 saturated heterocycles. The Morgan fingerprint density at radius 1 is 1.28 bits per heavy atom. The smallest absolute Gasteiger partial charge is 0.144 e. The predicted octanol–water partition coefficient (Wildman–Crippen LogP) is 4.19. The molecule has 0 amide bonds. The molecule has 1 aliphatic rings. The summed E-state index contributed by atoms with van der Waals surface area (Å²) in [4.78, 5) is 0. The van der Waals surface area contributed by atoms with Gasteiger partial charge >= 0.3 is 0 Å². The van der Waals surface area contributed by atoms with Crippen LogP contribution in [0.1, 0.15) is 37.7 Å². The van der Waals surface area contributed by atoms with Gasteiger partial charge in [0.2, 0.25) is 0 Å². The molecule has 1 saturated carbocycles. The first-order chi connectivity index (χ1) is 8.67. The lowest BCUT2D eigenvalue weighted by Crippen LogP contribution is -2.36. The maximum Gasteiger partial charge on any atom is 0.144 e. The van der Waals surface area contributed by atoms with Crippen molar-refractivity contribution >= 4 is 11.6 Å². The van der Waals surface area contributed by atoms with Crippen LogP contribution >= 0.6 is 11.6 Å². The van der Waals surface area contributed by atoms with Gasteiger partial charge in [-0.05, 0) is 43.4 Å². The molecule has 100 valence electrons. The third-order valence-electron chi connectivity index (χ3n) is 4.06. The van der Waals surface area contributed by atoms with Crippen molar-refractivity contribution in [1.29, 1.82) is 0 Å². The third-order valence-corrected chi connectivity index (χ3v) is 4.35. The van der Waals surface area contributed by atoms with Crippen LogP contribution in [0.5, 0.6) is 0 Å². The molecule has 0 atom stereocenters. The van der Waals surface area contributed by atoms with E-state index in [0.29, 0.717) is 0 Å². The fourth-order valence-corrected chi connectivity index (χ4v) is 3.38. The van der Waals surface area contributed by atoms with E-state index in [9.17, 15) is 4.39 Å². The van der Waals surface area contributed by atoms with Crippen molar-refractivity contribution in [2.75, 3.05) is 13.6 Å². The van der Waals surface area contributed by atoms with Crippen LogP contribution in [0.25, 0.3) is 0 Å². The molecule has 1 fully saturated rings. The van der Waals surface area contributed by atoms with Crippen molar-refractivity contribution in [2.45, 2.75) is 38.5 Å². The molecule has 1 aromatic rings. The van der Waals surface area contributed by atoms with E-state index in [-0.39, 0.29) is 16.3 Å². The topological polar surface area (TPSA) is 12.0 Å². The van der Waals surface area contributed by atoms with Crippen molar-refractivity contribution in [2.24, 2.45) is 5.41 Å². The molecule has 1 N–H and O–H groups in total. The Bertz CT molecular complexity index is 394. The summed E-state index contributed by atoms with van der Waals surface area (Å²) in [6, 6.07) is 5.33. The number of nitrogens with one attached hydrogen (secondary N) is 1. The van der Waals surface area contributed by atoms with Crippen LogP contribution in [0.15, 0.2) is 18.2 Å². The van der Waals surface area contributed by atoms with Crippen molar-refractivity contribution in [1.82, 2.24) is 5.32 Å². The molecule has 3 heteroatoms. The molecule has 0 radical (unpaired) electrons. The quantitative estimate of drug-likeness (QED) is 0.864. The Labute approximate surface area is 114 Å². The summed E-state index contributed by atoms with van der Waals surface area (Å²) in [5.74, 6) is -0.236. The van der Waals surface area contributed by atoms with Crippen LogP contribution in [0.4, 0.5) is 4.39 Å². The molecule has 0 bridgehead atoms. The van der Waals surface area contributed by atoms with E-state index in [2.05, 4.69) is 5.32 Å². The van der Waals surface area contributed by atoms with Crippen molar-refractivity contribution in [3.8, 4) is 0 Å². The van der Waals surface area contributed by atoms with Gasteiger partial charge in [0.05, 0.1) is 5.02 Å². The highest BCUT2D eigenvalue weighted by Gasteiger charge is 2.32. The normalized spacial score (nSPS) is 18.8. The Morgan fingerprint density at radius 3 is 2.67 bits per heavy atom. The summed E-state index contributed by atoms with van der Waals surface area (Å²) in [7, 11) is 1.98. The van der Waals surface area contributed by atoms with Crippen molar-refractivity contribution < 1.29 is 4.39 Å². The van der Waals surface area contributed by atoms with Gasteiger partial charge in [-0.3, -0.25) is 0 Å². The maximum absolute atomic E-state index is 14.0. The molecule has 0 unspecified atom stereocenters. The van der Waals surface area contributed by atoms with Gasteiger partial charge in [0.25, 0.3) is 0 Å². The minimum absolute atomic E-state index is 0.207. The summed E-state index contributed by atoms with van der Waals surface area (Å²) in [5.41, 5.74) is 0.970. The van der Waals surface area contributed by atoms with Crippen LogP contribution in [-0.4, -0.2) is 13.6 Å². The van der Waals surface area contributed by atoms with E-state index < -0.39 is 0 Å². The highest BCUT2D eigenvalue weighted by molar-refractivity contribution is 6.30. The average molecular weight is 270 g/mol. The average Bonchev–Trinajstić information content (AvgIpc) is 2.36. The van der Waals surface area contributed by atoms with Gasteiger partial charge in [0, 0.05) is 6.54 Å². The minimum atomic E-state index is -0.236. The lowest BCUT2D eigenvalue weighted by molar-refractivity contribution is 0.183. The van der Waals surface area contributed by atoms with Gasteiger partial charge < -0.3 is 5.32 Å². The first kappa shape index (κ1) is 13.8. The van der Waals surface area contributed by atoms with E-state index in [0.717, 1.165) is 18.5 Å². The Morgan fingerprint density at radius 2 is 2.00 bits per heavy atom. The first-order valence-corrected chi connectivity index (χ1v) is 7.12. The minimum Gasteiger partial charge on any atom is -0.319 e. The zero-order valence-corrected chi connectivity index (χ0v) is 11.7. The fraction of sp³-hybridized carbons (Fsp3) is 0.600.